The molecule has 0 spiro atoms. The smallest absolute Gasteiger partial charge is 0.331 e. The molecule has 0 fully saturated rings. The van der Waals surface area contributed by atoms with Crippen molar-refractivity contribution in [2.24, 2.45) is 0 Å². The zero-order valence-electron chi connectivity index (χ0n) is 15.7. The summed E-state index contributed by atoms with van der Waals surface area (Å²) in [5.74, 6) is -0.454. The fraction of sp³-hybridized carbons (Fsp3) is 0.190. The topological polar surface area (TPSA) is 82.8 Å². The number of halogens is 1. The number of ether oxygens (including phenoxy) is 1. The maximum Gasteiger partial charge on any atom is 0.331 e. The van der Waals surface area contributed by atoms with E-state index in [9.17, 15) is 4.79 Å². The van der Waals surface area contributed by atoms with E-state index >= 15 is 0 Å². The van der Waals surface area contributed by atoms with Crippen molar-refractivity contribution in [3.8, 4) is 0 Å². The molecule has 7 nitrogen and oxygen atoms in total. The number of rotatable bonds is 6. The summed E-state index contributed by atoms with van der Waals surface area (Å²) in [5.41, 5.74) is 3.21. The van der Waals surface area contributed by atoms with Gasteiger partial charge in [-0.25, -0.2) is 14.5 Å². The molecule has 0 bridgehead atoms. The van der Waals surface area contributed by atoms with Crippen molar-refractivity contribution < 1.29 is 9.53 Å². The minimum Gasteiger partial charge on any atom is -0.458 e. The first-order valence-corrected chi connectivity index (χ1v) is 9.48. The Kier molecular flexibility index (Phi) is 5.48. The van der Waals surface area contributed by atoms with E-state index in [4.69, 9.17) is 16.3 Å². The van der Waals surface area contributed by atoms with E-state index in [0.29, 0.717) is 17.1 Å². The van der Waals surface area contributed by atoms with E-state index in [0.717, 1.165) is 22.0 Å². The predicted octanol–water partition coefficient (Wildman–Crippen LogP) is 3.71. The highest BCUT2D eigenvalue weighted by molar-refractivity contribution is 6.32. The van der Waals surface area contributed by atoms with Gasteiger partial charge in [0.25, 0.3) is 0 Å². The maximum atomic E-state index is 12.9. The number of fused-ring (bicyclic) bond motifs is 1. The number of esters is 1. The first kappa shape index (κ1) is 19.0. The van der Waals surface area contributed by atoms with Crippen molar-refractivity contribution in [2.75, 3.05) is 0 Å². The number of hydrogen-bond donors (Lipinski definition) is 0. The lowest BCUT2D eigenvalue weighted by Crippen LogP contribution is -2.25. The molecule has 0 saturated heterocycles. The summed E-state index contributed by atoms with van der Waals surface area (Å²) in [7, 11) is 0. The standard InChI is InChI=1S/C21H18ClN5O2/c1-14-16-9-5-6-10-17(16)24-18(20(14)22)12-29-21(28)19(27-13-23-25-26-27)11-15-7-3-2-4-8-15/h2-10,13,19H,11-12H2,1H3/t19-/m0/s1. The van der Waals surface area contributed by atoms with E-state index < -0.39 is 12.0 Å². The third kappa shape index (κ3) is 4.09. The van der Waals surface area contributed by atoms with Gasteiger partial charge in [-0.3, -0.25) is 0 Å². The number of tetrazole rings is 1. The summed E-state index contributed by atoms with van der Waals surface area (Å²) in [6.07, 6.45) is 1.81. The van der Waals surface area contributed by atoms with Crippen LogP contribution in [0.1, 0.15) is 22.9 Å². The van der Waals surface area contributed by atoms with Gasteiger partial charge in [0.1, 0.15) is 12.9 Å². The van der Waals surface area contributed by atoms with Crippen molar-refractivity contribution in [2.45, 2.75) is 26.0 Å². The second-order valence-electron chi connectivity index (χ2n) is 6.62. The van der Waals surface area contributed by atoms with Crippen molar-refractivity contribution in [3.05, 3.63) is 82.8 Å². The summed E-state index contributed by atoms with van der Waals surface area (Å²) in [4.78, 5) is 17.4. The molecular weight excluding hydrogens is 390 g/mol. The van der Waals surface area contributed by atoms with Crippen LogP contribution in [0.4, 0.5) is 0 Å². The summed E-state index contributed by atoms with van der Waals surface area (Å²) < 4.78 is 6.97. The Morgan fingerprint density at radius 2 is 1.90 bits per heavy atom. The first-order valence-electron chi connectivity index (χ1n) is 9.10. The van der Waals surface area contributed by atoms with Crippen LogP contribution < -0.4 is 0 Å². The lowest BCUT2D eigenvalue weighted by atomic mass is 10.1. The molecule has 0 aliphatic rings. The molecule has 0 saturated carbocycles. The normalized spacial score (nSPS) is 12.1. The molecule has 29 heavy (non-hydrogen) atoms. The number of carbonyl (C=O) groups is 1. The minimum absolute atomic E-state index is 0.0310. The van der Waals surface area contributed by atoms with Gasteiger partial charge < -0.3 is 4.74 Å². The molecule has 0 N–H and O–H groups in total. The zero-order chi connectivity index (χ0) is 20.2. The maximum absolute atomic E-state index is 12.9. The monoisotopic (exact) mass is 407 g/mol. The Labute approximate surface area is 172 Å². The molecule has 2 heterocycles. The zero-order valence-corrected chi connectivity index (χ0v) is 16.5. The van der Waals surface area contributed by atoms with Crippen LogP contribution in [-0.4, -0.2) is 31.2 Å². The van der Waals surface area contributed by atoms with Crippen LogP contribution >= 0.6 is 11.6 Å². The largest absolute Gasteiger partial charge is 0.458 e. The van der Waals surface area contributed by atoms with Crippen molar-refractivity contribution in [3.63, 3.8) is 0 Å². The van der Waals surface area contributed by atoms with Gasteiger partial charge in [-0.1, -0.05) is 60.1 Å². The number of nitrogens with zero attached hydrogens (tertiary/aromatic N) is 5. The Morgan fingerprint density at radius 3 is 2.66 bits per heavy atom. The summed E-state index contributed by atoms with van der Waals surface area (Å²) in [6, 6.07) is 16.7. The minimum atomic E-state index is -0.687. The molecular formula is C21H18ClN5O2. The van der Waals surface area contributed by atoms with Gasteiger partial charge in [-0.15, -0.1) is 5.10 Å². The lowest BCUT2D eigenvalue weighted by molar-refractivity contribution is -0.149. The molecule has 0 aliphatic carbocycles. The summed E-state index contributed by atoms with van der Waals surface area (Å²) in [6.45, 7) is 1.90. The van der Waals surface area contributed by atoms with Gasteiger partial charge in [0.05, 0.1) is 16.2 Å². The molecule has 0 radical (unpaired) electrons. The number of pyridine rings is 1. The number of para-hydroxylation sites is 1. The van der Waals surface area contributed by atoms with Gasteiger partial charge in [0, 0.05) is 11.8 Å². The molecule has 8 heteroatoms. The number of carbonyl (C=O) groups excluding carboxylic acids is 1. The Morgan fingerprint density at radius 1 is 1.14 bits per heavy atom. The number of benzene rings is 2. The van der Waals surface area contributed by atoms with E-state index in [2.05, 4.69) is 20.5 Å². The molecule has 2 aromatic heterocycles. The van der Waals surface area contributed by atoms with Crippen LogP contribution in [0, 0.1) is 6.92 Å². The van der Waals surface area contributed by atoms with Crippen LogP contribution in [0.25, 0.3) is 10.9 Å². The van der Waals surface area contributed by atoms with Crippen LogP contribution in [0.15, 0.2) is 60.9 Å². The fourth-order valence-corrected chi connectivity index (χ4v) is 3.38. The van der Waals surface area contributed by atoms with E-state index in [1.165, 1.54) is 11.0 Å². The molecule has 146 valence electrons. The summed E-state index contributed by atoms with van der Waals surface area (Å²) in [5, 5.41) is 12.6. The number of aromatic nitrogens is 5. The highest BCUT2D eigenvalue weighted by Crippen LogP contribution is 2.27. The van der Waals surface area contributed by atoms with Gasteiger partial charge in [0.2, 0.25) is 0 Å². The predicted molar refractivity (Wildman–Crippen MR) is 108 cm³/mol. The highest BCUT2D eigenvalue weighted by Gasteiger charge is 2.24. The summed E-state index contributed by atoms with van der Waals surface area (Å²) >= 11 is 6.47. The molecule has 2 aromatic carbocycles. The first-order chi connectivity index (χ1) is 14.1. The van der Waals surface area contributed by atoms with E-state index in [1.807, 2.05) is 61.5 Å². The lowest BCUT2D eigenvalue weighted by Gasteiger charge is -2.16. The van der Waals surface area contributed by atoms with Gasteiger partial charge in [-0.05, 0) is 34.5 Å². The van der Waals surface area contributed by atoms with Crippen molar-refractivity contribution >= 4 is 28.5 Å². The van der Waals surface area contributed by atoms with Crippen molar-refractivity contribution in [1.29, 1.82) is 0 Å². The van der Waals surface area contributed by atoms with Crippen LogP contribution in [0.2, 0.25) is 5.02 Å². The van der Waals surface area contributed by atoms with Crippen LogP contribution in [0.3, 0.4) is 0 Å². The average molecular weight is 408 g/mol. The molecule has 0 unspecified atom stereocenters. The molecule has 4 aromatic rings. The fourth-order valence-electron chi connectivity index (χ4n) is 3.18. The van der Waals surface area contributed by atoms with E-state index in [1.54, 1.807) is 0 Å². The molecule has 4 rings (SSSR count). The molecule has 1 atom stereocenters. The van der Waals surface area contributed by atoms with Crippen LogP contribution in [0.5, 0.6) is 0 Å². The quantitative estimate of drug-likeness (QED) is 0.453. The molecule has 0 amide bonds. The number of aryl methyl sites for hydroxylation is 1. The SMILES string of the molecule is Cc1c(Cl)c(COC(=O)[C@H](Cc2ccccc2)n2cnnn2)nc2ccccc12. The Balaban J connectivity index is 1.55. The second kappa shape index (κ2) is 8.36. The Hall–Kier alpha value is -3.32. The van der Waals surface area contributed by atoms with E-state index in [-0.39, 0.29) is 6.61 Å². The van der Waals surface area contributed by atoms with Gasteiger partial charge >= 0.3 is 5.97 Å². The second-order valence-corrected chi connectivity index (χ2v) is 7.00. The third-order valence-electron chi connectivity index (χ3n) is 4.73. The third-order valence-corrected chi connectivity index (χ3v) is 5.23. The van der Waals surface area contributed by atoms with Crippen LogP contribution in [-0.2, 0) is 22.6 Å². The Bertz CT molecular complexity index is 1130. The highest BCUT2D eigenvalue weighted by atomic mass is 35.5. The van der Waals surface area contributed by atoms with Gasteiger partial charge in [0.15, 0.2) is 6.04 Å². The molecule has 0 aliphatic heterocycles. The average Bonchev–Trinajstić information content (AvgIpc) is 3.28. The number of hydrogen-bond acceptors (Lipinski definition) is 6. The van der Waals surface area contributed by atoms with Crippen molar-refractivity contribution in [1.82, 2.24) is 25.2 Å². The van der Waals surface area contributed by atoms with Gasteiger partial charge in [-0.2, -0.15) is 0 Å².